The lowest BCUT2D eigenvalue weighted by Crippen LogP contribution is -2.71. The molecule has 16 atom stereocenters. The van der Waals surface area contributed by atoms with E-state index >= 15 is 0 Å². The zero-order valence-electron chi connectivity index (χ0n) is 33.6. The lowest BCUT2D eigenvalue weighted by atomic mass is 9.38. The highest BCUT2D eigenvalue weighted by atomic mass is 16.3. The zero-order chi connectivity index (χ0) is 36.9. The Labute approximate surface area is 329 Å². The van der Waals surface area contributed by atoms with E-state index in [1.54, 1.807) is 0 Å². The fourth-order valence-electron chi connectivity index (χ4n) is 18.5. The van der Waals surface area contributed by atoms with Crippen LogP contribution < -0.4 is 0 Å². The molecule has 0 radical (unpaired) electrons. The molecule has 2 spiro atoms. The Kier molecular flexibility index (Phi) is 7.81. The number of benzene rings is 3. The molecular formula is C51H67NO3. The van der Waals surface area contributed by atoms with Gasteiger partial charge in [-0.05, 0) is 211 Å². The number of hydrogen-bond donors (Lipinski definition) is 3. The van der Waals surface area contributed by atoms with E-state index in [2.05, 4.69) is 66.4 Å². The molecule has 0 aromatic heterocycles. The number of fused-ring (bicyclic) bond motifs is 6. The number of aliphatic hydroxyl groups excluding tert-OH is 2. The normalized spacial score (nSPS) is 50.0. The Balaban J connectivity index is 0.825. The minimum absolute atomic E-state index is 0.0214. The summed E-state index contributed by atoms with van der Waals surface area (Å²) in [7, 11) is 0. The van der Waals surface area contributed by atoms with Crippen LogP contribution in [0.25, 0.3) is 21.5 Å². The van der Waals surface area contributed by atoms with E-state index in [1.165, 1.54) is 130 Å². The van der Waals surface area contributed by atoms with Gasteiger partial charge >= 0.3 is 0 Å². The van der Waals surface area contributed by atoms with Crippen LogP contribution in [-0.4, -0.2) is 57.2 Å². The molecule has 2 saturated heterocycles. The van der Waals surface area contributed by atoms with Crippen LogP contribution in [0.15, 0.2) is 54.6 Å². The first kappa shape index (κ1) is 35.0. The van der Waals surface area contributed by atoms with Crippen LogP contribution in [0.3, 0.4) is 0 Å². The van der Waals surface area contributed by atoms with Gasteiger partial charge in [0.05, 0.1) is 17.8 Å². The maximum atomic E-state index is 12.9. The smallest absolute Gasteiger partial charge is 0.0836 e. The molecule has 55 heavy (non-hydrogen) atoms. The van der Waals surface area contributed by atoms with Gasteiger partial charge in [-0.3, -0.25) is 4.90 Å². The molecule has 7 saturated carbocycles. The van der Waals surface area contributed by atoms with Crippen molar-refractivity contribution in [3.05, 3.63) is 60.2 Å². The number of aliphatic hydroxyl groups is 3. The molecular weight excluding hydrogens is 675 g/mol. The summed E-state index contributed by atoms with van der Waals surface area (Å²) in [6.07, 6.45) is 21.0. The molecule has 3 aromatic rings. The van der Waals surface area contributed by atoms with Crippen molar-refractivity contribution in [2.75, 3.05) is 13.1 Å². The quantitative estimate of drug-likeness (QED) is 0.234. The van der Waals surface area contributed by atoms with Crippen LogP contribution in [0.1, 0.15) is 122 Å². The molecule has 3 N–H and O–H groups in total. The van der Waals surface area contributed by atoms with E-state index in [4.69, 9.17) is 0 Å². The number of hydrogen-bond acceptors (Lipinski definition) is 4. The summed E-state index contributed by atoms with van der Waals surface area (Å²) in [6, 6.07) is 20.9. The van der Waals surface area contributed by atoms with Crippen molar-refractivity contribution < 1.29 is 15.3 Å². The molecule has 3 aromatic carbocycles. The number of nitrogens with zero attached hydrogens (tertiary/aromatic N) is 1. The molecule has 9 aliphatic rings. The highest BCUT2D eigenvalue weighted by Gasteiger charge is 2.75. The molecule has 2 heterocycles. The molecule has 2 bridgehead atoms. The lowest BCUT2D eigenvalue weighted by Gasteiger charge is -2.68. The first-order chi connectivity index (χ1) is 26.7. The summed E-state index contributed by atoms with van der Waals surface area (Å²) >= 11 is 0. The standard InChI is InChI=1S/C51H67NO3/c1-31-9-14-45-51(55)18-4-8-37-23-41-39(40(47(37)51)29-52(45)28-31)24-44-49(41)16-5-17-50(44)30-48(46(54)25-42(50)43(53)27-49)19-15-33(26-48)11-10-32-12-13-36-21-34-6-2-3-7-35(34)22-38(36)20-32/h2-3,6-7,12-13,20-22,31,33,37,39-47,53-55H,4-5,8-11,14-19,23-30H2,1H3/t31-,33-,37+,39+,40+,41-,42-,43+,44-,45-,46-,47+,48+,49+,50-,51+/m1/s1. The molecule has 9 fully saturated rings. The van der Waals surface area contributed by atoms with Crippen molar-refractivity contribution in [1.82, 2.24) is 4.90 Å². The lowest BCUT2D eigenvalue weighted by molar-refractivity contribution is -0.239. The van der Waals surface area contributed by atoms with E-state index < -0.39 is 5.60 Å². The molecule has 7 aliphatic carbocycles. The second kappa shape index (κ2) is 12.3. The minimum Gasteiger partial charge on any atom is -0.393 e. The van der Waals surface area contributed by atoms with Crippen LogP contribution in [0, 0.1) is 69.5 Å². The average Bonchev–Trinajstić information content (AvgIpc) is 3.74. The summed E-state index contributed by atoms with van der Waals surface area (Å²) < 4.78 is 0. The van der Waals surface area contributed by atoms with Gasteiger partial charge in [0.1, 0.15) is 0 Å². The largest absolute Gasteiger partial charge is 0.393 e. The monoisotopic (exact) mass is 742 g/mol. The highest BCUT2D eigenvalue weighted by Crippen LogP contribution is 2.79. The third kappa shape index (κ3) is 4.90. The fraction of sp³-hybridized carbons (Fsp3) is 0.725. The Bertz CT molecular complexity index is 1990. The van der Waals surface area contributed by atoms with Crippen LogP contribution in [0.5, 0.6) is 0 Å². The molecule has 294 valence electrons. The first-order valence-corrected chi connectivity index (χ1v) is 23.4. The summed E-state index contributed by atoms with van der Waals surface area (Å²) in [5.41, 5.74) is 1.44. The fourth-order valence-corrected chi connectivity index (χ4v) is 18.5. The van der Waals surface area contributed by atoms with E-state index in [-0.39, 0.29) is 34.4 Å². The maximum absolute atomic E-state index is 12.9. The van der Waals surface area contributed by atoms with Crippen molar-refractivity contribution in [2.24, 2.45) is 69.5 Å². The number of aryl methyl sites for hydroxylation is 1. The van der Waals surface area contributed by atoms with Gasteiger partial charge in [0.25, 0.3) is 0 Å². The number of piperidine rings is 2. The summed E-state index contributed by atoms with van der Waals surface area (Å²) in [5, 5.41) is 42.8. The van der Waals surface area contributed by atoms with Gasteiger partial charge < -0.3 is 15.3 Å². The molecule has 2 aliphatic heterocycles. The molecule has 12 rings (SSSR count). The van der Waals surface area contributed by atoms with Crippen LogP contribution >= 0.6 is 0 Å². The molecule has 0 unspecified atom stereocenters. The summed E-state index contributed by atoms with van der Waals surface area (Å²) in [4.78, 5) is 2.81. The third-order valence-corrected chi connectivity index (χ3v) is 20.2. The SMILES string of the molecule is C[C@@H]1CC[C@H]2N(C1)C[C@H]1[C@@H]3C[C@@H]4[C@]5(CCC[C@]46C[C@@]4(CC[C@@H](CCc7ccc8cc9ccccc9cc8c7)C4)[C@H](O)C[C@@H]6[C@@H](O)C5)[C@@H]3C[C@@H]3CCC[C@@]2(O)[C@@H]31. The Hall–Kier alpha value is -1.98. The van der Waals surface area contributed by atoms with Crippen molar-refractivity contribution in [1.29, 1.82) is 0 Å². The van der Waals surface area contributed by atoms with Crippen LogP contribution in [0.4, 0.5) is 0 Å². The van der Waals surface area contributed by atoms with Crippen molar-refractivity contribution in [2.45, 2.75) is 146 Å². The van der Waals surface area contributed by atoms with Crippen molar-refractivity contribution in [3.8, 4) is 0 Å². The third-order valence-electron chi connectivity index (χ3n) is 20.2. The molecule has 4 nitrogen and oxygen atoms in total. The van der Waals surface area contributed by atoms with Gasteiger partial charge in [-0.25, -0.2) is 0 Å². The van der Waals surface area contributed by atoms with Crippen molar-refractivity contribution in [3.63, 3.8) is 0 Å². The van der Waals surface area contributed by atoms with Gasteiger partial charge in [-0.15, -0.1) is 0 Å². The zero-order valence-corrected chi connectivity index (χ0v) is 33.6. The van der Waals surface area contributed by atoms with Crippen LogP contribution in [-0.2, 0) is 6.42 Å². The van der Waals surface area contributed by atoms with Gasteiger partial charge in [0.15, 0.2) is 0 Å². The van der Waals surface area contributed by atoms with E-state index in [0.29, 0.717) is 41.5 Å². The average molecular weight is 742 g/mol. The van der Waals surface area contributed by atoms with Gasteiger partial charge in [0, 0.05) is 19.1 Å². The van der Waals surface area contributed by atoms with Crippen LogP contribution in [0.2, 0.25) is 0 Å². The molecule has 0 amide bonds. The van der Waals surface area contributed by atoms with E-state index in [1.807, 2.05) is 0 Å². The van der Waals surface area contributed by atoms with Gasteiger partial charge in [-0.2, -0.15) is 0 Å². The second-order valence-corrected chi connectivity index (χ2v) is 22.3. The van der Waals surface area contributed by atoms with Crippen molar-refractivity contribution >= 4 is 21.5 Å². The Morgan fingerprint density at radius 1 is 0.727 bits per heavy atom. The highest BCUT2D eigenvalue weighted by molar-refractivity contribution is 5.98. The first-order valence-electron chi connectivity index (χ1n) is 23.4. The Morgan fingerprint density at radius 2 is 1.55 bits per heavy atom. The summed E-state index contributed by atoms with van der Waals surface area (Å²) in [5.74, 6) is 5.57. The predicted molar refractivity (Wildman–Crippen MR) is 220 cm³/mol. The summed E-state index contributed by atoms with van der Waals surface area (Å²) in [6.45, 7) is 4.84. The maximum Gasteiger partial charge on any atom is 0.0836 e. The van der Waals surface area contributed by atoms with E-state index in [9.17, 15) is 15.3 Å². The predicted octanol–water partition coefficient (Wildman–Crippen LogP) is 9.94. The topological polar surface area (TPSA) is 63.9 Å². The van der Waals surface area contributed by atoms with Gasteiger partial charge in [-0.1, -0.05) is 62.2 Å². The van der Waals surface area contributed by atoms with Gasteiger partial charge in [0.2, 0.25) is 0 Å². The van der Waals surface area contributed by atoms with E-state index in [0.717, 1.165) is 37.5 Å². The number of rotatable bonds is 3. The Morgan fingerprint density at radius 3 is 2.42 bits per heavy atom. The molecule has 4 heteroatoms. The second-order valence-electron chi connectivity index (χ2n) is 22.3. The minimum atomic E-state index is -0.489.